The molecule has 0 amide bonds. The van der Waals surface area contributed by atoms with Crippen LogP contribution in [0.25, 0.3) is 0 Å². The number of hydrogen-bond donors (Lipinski definition) is 1. The van der Waals surface area contributed by atoms with Crippen molar-refractivity contribution in [2.45, 2.75) is 20.3 Å². The van der Waals surface area contributed by atoms with Gasteiger partial charge in [-0.05, 0) is 19.4 Å². The Morgan fingerprint density at radius 3 is 2.40 bits per heavy atom. The molecule has 0 saturated heterocycles. The highest BCUT2D eigenvalue weighted by Crippen LogP contribution is 2.09. The summed E-state index contributed by atoms with van der Waals surface area (Å²) in [4.78, 5) is 11.3. The van der Waals surface area contributed by atoms with Crippen LogP contribution in [0, 0.1) is 13.8 Å². The van der Waals surface area contributed by atoms with E-state index < -0.39 is 0 Å². The number of hydrogen-bond acceptors (Lipinski definition) is 2. The molecule has 0 aliphatic carbocycles. The van der Waals surface area contributed by atoms with Gasteiger partial charge in [0, 0.05) is 6.42 Å². The Bertz CT molecular complexity index is 505. The van der Waals surface area contributed by atoms with E-state index in [1.807, 2.05) is 38.1 Å². The second-order valence-electron chi connectivity index (χ2n) is 3.76. The van der Waals surface area contributed by atoms with Crippen molar-refractivity contribution in [3.05, 3.63) is 57.1 Å². The zero-order valence-corrected chi connectivity index (χ0v) is 8.83. The van der Waals surface area contributed by atoms with E-state index in [1.165, 1.54) is 5.56 Å². The highest BCUT2D eigenvalue weighted by Gasteiger charge is 2.08. The lowest BCUT2D eigenvalue weighted by Crippen LogP contribution is -2.03. The fourth-order valence-corrected chi connectivity index (χ4v) is 1.51. The van der Waals surface area contributed by atoms with E-state index in [9.17, 15) is 4.79 Å². The van der Waals surface area contributed by atoms with Crippen molar-refractivity contribution in [3.63, 3.8) is 0 Å². The topological polar surface area (TPSA) is 46.0 Å². The number of aromatic amines is 1. The number of benzene rings is 1. The molecule has 2 rings (SSSR count). The van der Waals surface area contributed by atoms with E-state index in [0.29, 0.717) is 12.0 Å². The predicted octanol–water partition coefficient (Wildman–Crippen LogP) is 2.18. The van der Waals surface area contributed by atoms with Crippen molar-refractivity contribution in [1.29, 1.82) is 0 Å². The third-order valence-electron chi connectivity index (χ3n) is 2.50. The van der Waals surface area contributed by atoms with Crippen LogP contribution in [0.1, 0.15) is 22.4 Å². The van der Waals surface area contributed by atoms with Gasteiger partial charge >= 0.3 is 5.63 Å². The van der Waals surface area contributed by atoms with Crippen molar-refractivity contribution in [1.82, 2.24) is 5.16 Å². The Morgan fingerprint density at radius 2 is 1.87 bits per heavy atom. The maximum Gasteiger partial charge on any atom is 0.360 e. The summed E-state index contributed by atoms with van der Waals surface area (Å²) in [7, 11) is 0. The van der Waals surface area contributed by atoms with Gasteiger partial charge in [-0.15, -0.1) is 0 Å². The lowest BCUT2D eigenvalue weighted by molar-refractivity contribution is 0.386. The molecule has 0 radical (unpaired) electrons. The zero-order chi connectivity index (χ0) is 10.8. The molecular formula is C12H13NO2. The minimum Gasteiger partial charge on any atom is -0.339 e. The molecule has 0 atom stereocenters. The summed E-state index contributed by atoms with van der Waals surface area (Å²) in [6.45, 7) is 3.88. The second kappa shape index (κ2) is 3.77. The van der Waals surface area contributed by atoms with Gasteiger partial charge in [-0.25, -0.2) is 9.95 Å². The van der Waals surface area contributed by atoms with E-state index in [1.54, 1.807) is 0 Å². The van der Waals surface area contributed by atoms with Gasteiger partial charge in [0.1, 0.15) is 0 Å². The van der Waals surface area contributed by atoms with Crippen molar-refractivity contribution >= 4 is 0 Å². The Kier molecular flexibility index (Phi) is 2.46. The number of aryl methyl sites for hydroxylation is 2. The first kappa shape index (κ1) is 9.77. The summed E-state index contributed by atoms with van der Waals surface area (Å²) >= 11 is 0. The molecule has 0 saturated carbocycles. The van der Waals surface area contributed by atoms with Crippen LogP contribution >= 0.6 is 0 Å². The molecule has 1 aromatic carbocycles. The maximum atomic E-state index is 11.3. The van der Waals surface area contributed by atoms with Crippen molar-refractivity contribution in [2.24, 2.45) is 0 Å². The lowest BCUT2D eigenvalue weighted by Gasteiger charge is -1.99. The van der Waals surface area contributed by atoms with Crippen molar-refractivity contribution in [3.8, 4) is 0 Å². The molecule has 1 aromatic heterocycles. The summed E-state index contributed by atoms with van der Waals surface area (Å²) < 4.78 is 4.71. The smallest absolute Gasteiger partial charge is 0.339 e. The van der Waals surface area contributed by atoms with Crippen molar-refractivity contribution in [2.75, 3.05) is 0 Å². The average molecular weight is 203 g/mol. The molecule has 1 heterocycles. The van der Waals surface area contributed by atoms with Crippen LogP contribution in [0.3, 0.4) is 0 Å². The number of H-pyrrole nitrogens is 1. The number of nitrogens with one attached hydrogen (secondary N) is 1. The van der Waals surface area contributed by atoms with Gasteiger partial charge in [-0.2, -0.15) is 0 Å². The second-order valence-corrected chi connectivity index (χ2v) is 3.76. The van der Waals surface area contributed by atoms with Gasteiger partial charge < -0.3 is 4.52 Å². The van der Waals surface area contributed by atoms with E-state index in [-0.39, 0.29) is 5.63 Å². The first-order valence-corrected chi connectivity index (χ1v) is 4.89. The van der Waals surface area contributed by atoms with Gasteiger partial charge in [-0.1, -0.05) is 29.8 Å². The summed E-state index contributed by atoms with van der Waals surface area (Å²) in [5.74, 6) is 0. The van der Waals surface area contributed by atoms with Gasteiger partial charge in [0.15, 0.2) is 0 Å². The molecule has 78 valence electrons. The standard InChI is InChI=1S/C12H13NO2/c1-8-3-5-10(6-4-8)7-11-9(2)13-15-12(11)14/h3-6,13H,7H2,1-2H3. The quantitative estimate of drug-likeness (QED) is 0.813. The Morgan fingerprint density at radius 1 is 1.20 bits per heavy atom. The van der Waals surface area contributed by atoms with Crippen LogP contribution in [0.2, 0.25) is 0 Å². The molecule has 3 nitrogen and oxygen atoms in total. The molecule has 0 fully saturated rings. The van der Waals surface area contributed by atoms with Crippen LogP contribution in [-0.4, -0.2) is 5.16 Å². The third-order valence-corrected chi connectivity index (χ3v) is 2.50. The monoisotopic (exact) mass is 203 g/mol. The molecule has 0 spiro atoms. The molecule has 0 unspecified atom stereocenters. The first-order valence-electron chi connectivity index (χ1n) is 4.89. The maximum absolute atomic E-state index is 11.3. The van der Waals surface area contributed by atoms with Crippen LogP contribution in [0.15, 0.2) is 33.6 Å². The van der Waals surface area contributed by atoms with Gasteiger partial charge in [-0.3, -0.25) is 0 Å². The fourth-order valence-electron chi connectivity index (χ4n) is 1.51. The number of aromatic nitrogens is 1. The Hall–Kier alpha value is -1.77. The van der Waals surface area contributed by atoms with Gasteiger partial charge in [0.25, 0.3) is 0 Å². The summed E-state index contributed by atoms with van der Waals surface area (Å²) in [5.41, 5.74) is 3.58. The summed E-state index contributed by atoms with van der Waals surface area (Å²) in [6, 6.07) is 8.14. The SMILES string of the molecule is Cc1ccc(Cc2c(C)[nH]oc2=O)cc1. The molecule has 15 heavy (non-hydrogen) atoms. The summed E-state index contributed by atoms with van der Waals surface area (Å²) in [5, 5.41) is 2.58. The van der Waals surface area contributed by atoms with Gasteiger partial charge in [0.2, 0.25) is 0 Å². The molecule has 1 N–H and O–H groups in total. The third kappa shape index (κ3) is 2.01. The summed E-state index contributed by atoms with van der Waals surface area (Å²) in [6.07, 6.45) is 0.623. The highest BCUT2D eigenvalue weighted by atomic mass is 16.5. The van der Waals surface area contributed by atoms with E-state index in [4.69, 9.17) is 4.52 Å². The average Bonchev–Trinajstić information content (AvgIpc) is 2.53. The van der Waals surface area contributed by atoms with E-state index >= 15 is 0 Å². The van der Waals surface area contributed by atoms with Gasteiger partial charge in [0.05, 0.1) is 11.3 Å². The molecule has 0 aliphatic heterocycles. The lowest BCUT2D eigenvalue weighted by atomic mass is 10.0. The van der Waals surface area contributed by atoms with Crippen LogP contribution < -0.4 is 5.63 Å². The van der Waals surface area contributed by atoms with Crippen LogP contribution in [0.5, 0.6) is 0 Å². The molecular weight excluding hydrogens is 190 g/mol. The Labute approximate surface area is 87.7 Å². The van der Waals surface area contributed by atoms with E-state index in [2.05, 4.69) is 5.16 Å². The minimum absolute atomic E-state index is 0.270. The highest BCUT2D eigenvalue weighted by molar-refractivity contribution is 5.28. The van der Waals surface area contributed by atoms with Crippen molar-refractivity contribution < 1.29 is 4.52 Å². The Balaban J connectivity index is 2.29. The predicted molar refractivity (Wildman–Crippen MR) is 58.1 cm³/mol. The molecule has 3 heteroatoms. The number of rotatable bonds is 2. The minimum atomic E-state index is -0.270. The normalized spacial score (nSPS) is 10.5. The fraction of sp³-hybridized carbons (Fsp3) is 0.250. The van der Waals surface area contributed by atoms with Crippen LogP contribution in [0.4, 0.5) is 0 Å². The zero-order valence-electron chi connectivity index (χ0n) is 8.83. The molecule has 0 bridgehead atoms. The molecule has 2 aromatic rings. The largest absolute Gasteiger partial charge is 0.360 e. The van der Waals surface area contributed by atoms with Crippen LogP contribution in [-0.2, 0) is 6.42 Å². The molecule has 0 aliphatic rings. The van der Waals surface area contributed by atoms with E-state index in [0.717, 1.165) is 11.3 Å². The first-order chi connectivity index (χ1) is 7.16.